The summed E-state index contributed by atoms with van der Waals surface area (Å²) in [6.45, 7) is 0. The molecule has 0 fully saturated rings. The SMILES string of the molecule is c1ccc(-c2nc(-n3c4ccc(-c5ccc6nc(-n7c8ccccc8c8c9c%10ccccc%10oc9c9ccccc9c87)nc(-c7ccccc7)c6c5)cc4c4cc(-c5ccc6c(c5)c5ccccc5n6-c5ccccc5)ccc43)nc3ccccc23)cc1. The van der Waals surface area contributed by atoms with Crippen LogP contribution in [-0.2, 0) is 0 Å². The van der Waals surface area contributed by atoms with Gasteiger partial charge in [-0.1, -0.05) is 200 Å². The smallest absolute Gasteiger partial charge is 0.235 e. The maximum atomic E-state index is 6.73. The second kappa shape index (κ2) is 18.7. The molecule has 0 radical (unpaired) electrons. The zero-order valence-corrected chi connectivity index (χ0v) is 47.2. The van der Waals surface area contributed by atoms with Gasteiger partial charge in [-0.05, 0) is 107 Å². The molecule has 13 aromatic carbocycles. The molecule has 0 amide bonds. The van der Waals surface area contributed by atoms with E-state index in [4.69, 9.17) is 24.4 Å². The van der Waals surface area contributed by atoms with Gasteiger partial charge in [0.25, 0.3) is 0 Å². The summed E-state index contributed by atoms with van der Waals surface area (Å²) in [5.41, 5.74) is 19.2. The lowest BCUT2D eigenvalue weighted by Crippen LogP contribution is -2.04. The number of para-hydroxylation sites is 5. The van der Waals surface area contributed by atoms with Crippen LogP contribution in [-0.4, -0.2) is 33.6 Å². The van der Waals surface area contributed by atoms with Crippen molar-refractivity contribution < 1.29 is 4.42 Å². The van der Waals surface area contributed by atoms with Gasteiger partial charge in [-0.2, -0.15) is 0 Å². The monoisotopic (exact) mass is 1120 g/mol. The Morgan fingerprint density at radius 2 is 0.682 bits per heavy atom. The van der Waals surface area contributed by atoms with E-state index in [1.165, 1.54) is 21.8 Å². The van der Waals surface area contributed by atoms with E-state index in [1.54, 1.807) is 0 Å². The number of nitrogens with zero attached hydrogens (tertiary/aromatic N) is 7. The average Bonchev–Trinajstić information content (AvgIpc) is 1.57. The number of hydrogen-bond donors (Lipinski definition) is 0. The first-order valence-corrected chi connectivity index (χ1v) is 29.8. The second-order valence-corrected chi connectivity index (χ2v) is 22.9. The van der Waals surface area contributed by atoms with Crippen LogP contribution >= 0.6 is 0 Å². The minimum Gasteiger partial charge on any atom is -0.455 e. The van der Waals surface area contributed by atoms with Crippen LogP contribution in [0.1, 0.15) is 0 Å². The van der Waals surface area contributed by atoms with Crippen molar-refractivity contribution in [1.29, 1.82) is 0 Å². The molecule has 0 atom stereocenters. The highest BCUT2D eigenvalue weighted by atomic mass is 16.3. The van der Waals surface area contributed by atoms with Gasteiger partial charge in [0, 0.05) is 81.4 Å². The number of fused-ring (bicyclic) bond motifs is 18. The van der Waals surface area contributed by atoms with Gasteiger partial charge in [-0.15, -0.1) is 0 Å². The van der Waals surface area contributed by atoms with Crippen molar-refractivity contribution >= 4 is 120 Å². The Morgan fingerprint density at radius 1 is 0.250 bits per heavy atom. The molecular weight excluding hydrogens is 1070 g/mol. The van der Waals surface area contributed by atoms with Crippen molar-refractivity contribution in [2.75, 3.05) is 0 Å². The highest BCUT2D eigenvalue weighted by Gasteiger charge is 2.26. The molecule has 0 spiro atoms. The summed E-state index contributed by atoms with van der Waals surface area (Å²) in [7, 11) is 0. The number of benzene rings is 13. The largest absolute Gasteiger partial charge is 0.455 e. The first kappa shape index (κ1) is 48.4. The summed E-state index contributed by atoms with van der Waals surface area (Å²) in [6, 6.07) is 101. The van der Waals surface area contributed by atoms with Crippen LogP contribution in [0.2, 0.25) is 0 Å². The second-order valence-electron chi connectivity index (χ2n) is 22.9. The lowest BCUT2D eigenvalue weighted by Gasteiger charge is -2.14. The van der Waals surface area contributed by atoms with E-state index < -0.39 is 0 Å². The van der Waals surface area contributed by atoms with Gasteiger partial charge in [0.2, 0.25) is 11.9 Å². The van der Waals surface area contributed by atoms with E-state index in [0.717, 1.165) is 149 Å². The third-order valence-corrected chi connectivity index (χ3v) is 18.0. The fraction of sp³-hybridized carbons (Fsp3) is 0. The van der Waals surface area contributed by atoms with E-state index in [9.17, 15) is 0 Å². The molecule has 0 unspecified atom stereocenters. The van der Waals surface area contributed by atoms with Gasteiger partial charge >= 0.3 is 0 Å². The van der Waals surface area contributed by atoms with Gasteiger partial charge in [0.1, 0.15) is 11.2 Å². The van der Waals surface area contributed by atoms with Crippen LogP contribution in [0.3, 0.4) is 0 Å². The topological polar surface area (TPSA) is 79.5 Å². The van der Waals surface area contributed by atoms with Gasteiger partial charge in [0.05, 0.1) is 55.5 Å². The lowest BCUT2D eigenvalue weighted by atomic mass is 9.98. The average molecular weight is 1120 g/mol. The van der Waals surface area contributed by atoms with Crippen molar-refractivity contribution in [3.05, 3.63) is 285 Å². The van der Waals surface area contributed by atoms with Crippen LogP contribution in [0, 0.1) is 0 Å². The summed E-state index contributed by atoms with van der Waals surface area (Å²) >= 11 is 0. The number of hydrogen-bond acceptors (Lipinski definition) is 5. The standard InChI is InChI=1S/C80H47N7O/c1-4-20-48(21-5-1)75-58-29-12-16-32-65(58)81-79(83-75)86-70-42-38-52(45-62(70)63-46-53(39-43-71(63)86)51-37-41-69-61(44-51)55-26-13-17-33-67(55)85(69)54-24-8-3-9-25-54)50-36-40-66-64(47-50)76(49-22-6-2-7-23-49)84-80(82-66)87-68-34-18-14-30-59(68)73-74-60-31-15-19-35-72(60)88-78(74)57-28-11-10-27-56(57)77(73)87/h1-47H. The first-order chi connectivity index (χ1) is 43.6. The van der Waals surface area contributed by atoms with Crippen LogP contribution in [0.15, 0.2) is 290 Å². The molecule has 8 heteroatoms. The van der Waals surface area contributed by atoms with Crippen molar-refractivity contribution in [2.45, 2.75) is 0 Å². The van der Waals surface area contributed by atoms with Crippen molar-refractivity contribution in [3.8, 4) is 62.4 Å². The predicted octanol–water partition coefficient (Wildman–Crippen LogP) is 20.6. The molecule has 0 saturated heterocycles. The zero-order chi connectivity index (χ0) is 57.6. The van der Waals surface area contributed by atoms with Crippen molar-refractivity contribution in [2.24, 2.45) is 0 Å². The van der Waals surface area contributed by atoms with E-state index >= 15 is 0 Å². The number of rotatable bonds is 7. The Labute approximate surface area is 502 Å². The summed E-state index contributed by atoms with van der Waals surface area (Å²) < 4.78 is 13.6. The fourth-order valence-electron chi connectivity index (χ4n) is 14.1. The summed E-state index contributed by atoms with van der Waals surface area (Å²) in [5.74, 6) is 1.21. The van der Waals surface area contributed by atoms with E-state index in [1.807, 2.05) is 12.1 Å². The number of furan rings is 1. The maximum Gasteiger partial charge on any atom is 0.235 e. The Hall–Kier alpha value is -12.0. The molecular formula is C80H47N7O. The third-order valence-electron chi connectivity index (χ3n) is 18.0. The first-order valence-electron chi connectivity index (χ1n) is 29.8. The van der Waals surface area contributed by atoms with Crippen LogP contribution in [0.25, 0.3) is 182 Å². The maximum absolute atomic E-state index is 6.73. The Morgan fingerprint density at radius 3 is 1.33 bits per heavy atom. The molecule has 88 heavy (non-hydrogen) atoms. The highest BCUT2D eigenvalue weighted by molar-refractivity contribution is 6.36. The Bertz CT molecular complexity index is 6120. The van der Waals surface area contributed by atoms with Gasteiger partial charge < -0.3 is 8.98 Å². The van der Waals surface area contributed by atoms with Crippen LogP contribution in [0.5, 0.6) is 0 Å². The Balaban J connectivity index is 0.826. The molecule has 0 saturated carbocycles. The molecule has 0 aliphatic carbocycles. The summed E-state index contributed by atoms with van der Waals surface area (Å²) in [6.07, 6.45) is 0. The Kier molecular flexibility index (Phi) is 10.3. The molecule has 19 rings (SSSR count). The molecule has 6 heterocycles. The molecule has 0 bridgehead atoms. The third kappa shape index (κ3) is 7.14. The van der Waals surface area contributed by atoms with Gasteiger partial charge in [-0.3, -0.25) is 9.13 Å². The quantitative estimate of drug-likeness (QED) is 0.159. The molecule has 8 nitrogen and oxygen atoms in total. The highest BCUT2D eigenvalue weighted by Crippen LogP contribution is 2.47. The summed E-state index contributed by atoms with van der Waals surface area (Å²) in [5, 5.41) is 13.1. The minimum atomic E-state index is 0.597. The minimum absolute atomic E-state index is 0.597. The number of aromatic nitrogens is 7. The molecule has 0 aliphatic rings. The van der Waals surface area contributed by atoms with Gasteiger partial charge in [-0.25, -0.2) is 19.9 Å². The molecule has 6 aromatic heterocycles. The van der Waals surface area contributed by atoms with Crippen LogP contribution in [0.4, 0.5) is 0 Å². The lowest BCUT2D eigenvalue weighted by molar-refractivity contribution is 0.673. The summed E-state index contributed by atoms with van der Waals surface area (Å²) in [4.78, 5) is 22.0. The van der Waals surface area contributed by atoms with E-state index in [0.29, 0.717) is 11.9 Å². The van der Waals surface area contributed by atoms with Crippen LogP contribution < -0.4 is 0 Å². The molecule has 408 valence electrons. The van der Waals surface area contributed by atoms with Gasteiger partial charge in [0.15, 0.2) is 0 Å². The molecule has 19 aromatic rings. The molecule has 0 N–H and O–H groups in total. The van der Waals surface area contributed by atoms with E-state index in [-0.39, 0.29) is 0 Å². The molecule has 0 aliphatic heterocycles. The predicted molar refractivity (Wildman–Crippen MR) is 362 cm³/mol. The zero-order valence-electron chi connectivity index (χ0n) is 47.2. The van der Waals surface area contributed by atoms with Crippen molar-refractivity contribution in [1.82, 2.24) is 33.6 Å². The normalized spacial score (nSPS) is 12.1. The fourth-order valence-corrected chi connectivity index (χ4v) is 14.1. The van der Waals surface area contributed by atoms with E-state index in [2.05, 4.69) is 287 Å². The van der Waals surface area contributed by atoms with Crippen molar-refractivity contribution in [3.63, 3.8) is 0 Å².